The molecule has 0 aliphatic heterocycles. The standard InChI is InChI=1S/C17H28N6O/c1-2-3-4-5-6-10-16(24)13-23-12-15(21-22-23)9-7-8-14-11-19-17(18)20-14/h11-12H,2-10,13H2,1H3,(H3,18,19,20). The Morgan fingerprint density at radius 3 is 2.79 bits per heavy atom. The van der Waals surface area contributed by atoms with Crippen LogP contribution in [0.25, 0.3) is 0 Å². The molecule has 0 aliphatic carbocycles. The van der Waals surface area contributed by atoms with E-state index in [4.69, 9.17) is 5.73 Å². The molecule has 2 rings (SSSR count). The van der Waals surface area contributed by atoms with Crippen molar-refractivity contribution >= 4 is 11.7 Å². The van der Waals surface area contributed by atoms with E-state index in [9.17, 15) is 4.79 Å². The molecular formula is C17H28N6O. The number of imidazole rings is 1. The summed E-state index contributed by atoms with van der Waals surface area (Å²) < 4.78 is 1.65. The van der Waals surface area contributed by atoms with E-state index in [1.807, 2.05) is 6.20 Å². The van der Waals surface area contributed by atoms with Gasteiger partial charge in [-0.25, -0.2) is 9.67 Å². The summed E-state index contributed by atoms with van der Waals surface area (Å²) >= 11 is 0. The first kappa shape index (κ1) is 18.2. The highest BCUT2D eigenvalue weighted by atomic mass is 16.1. The maximum absolute atomic E-state index is 11.9. The first-order valence-corrected chi connectivity index (χ1v) is 8.87. The summed E-state index contributed by atoms with van der Waals surface area (Å²) in [6, 6.07) is 0. The smallest absolute Gasteiger partial charge is 0.197 e. The third-order valence-corrected chi connectivity index (χ3v) is 4.01. The number of nitrogens with two attached hydrogens (primary N) is 1. The predicted octanol–water partition coefficient (Wildman–Crippen LogP) is 2.69. The fourth-order valence-electron chi connectivity index (χ4n) is 2.68. The highest BCUT2D eigenvalue weighted by molar-refractivity contribution is 5.77. The van der Waals surface area contributed by atoms with Crippen molar-refractivity contribution in [2.45, 2.75) is 71.3 Å². The van der Waals surface area contributed by atoms with Crippen LogP contribution in [0.2, 0.25) is 0 Å². The number of nitrogen functional groups attached to an aromatic ring is 1. The maximum atomic E-state index is 11.9. The van der Waals surface area contributed by atoms with Crippen LogP contribution in [0.4, 0.5) is 5.95 Å². The number of aryl methyl sites for hydroxylation is 2. The predicted molar refractivity (Wildman–Crippen MR) is 93.4 cm³/mol. The molecule has 0 saturated carbocycles. The van der Waals surface area contributed by atoms with Gasteiger partial charge in [0.25, 0.3) is 0 Å². The Balaban J connectivity index is 1.64. The number of unbranched alkanes of at least 4 members (excludes halogenated alkanes) is 4. The molecule has 7 nitrogen and oxygen atoms in total. The number of carbonyl (C=O) groups excluding carboxylic acids is 1. The van der Waals surface area contributed by atoms with Crippen molar-refractivity contribution in [3.05, 3.63) is 23.8 Å². The third-order valence-electron chi connectivity index (χ3n) is 4.01. The van der Waals surface area contributed by atoms with E-state index in [2.05, 4.69) is 27.2 Å². The van der Waals surface area contributed by atoms with Crippen LogP contribution in [0.1, 0.15) is 63.3 Å². The second-order valence-corrected chi connectivity index (χ2v) is 6.26. The topological polar surface area (TPSA) is 102 Å². The molecule has 7 heteroatoms. The summed E-state index contributed by atoms with van der Waals surface area (Å²) in [5.74, 6) is 0.681. The van der Waals surface area contributed by atoms with Crippen LogP contribution in [0.5, 0.6) is 0 Å². The molecule has 0 unspecified atom stereocenters. The number of hydrogen-bond donors (Lipinski definition) is 2. The zero-order chi connectivity index (χ0) is 17.2. The van der Waals surface area contributed by atoms with Crippen LogP contribution in [-0.2, 0) is 24.2 Å². The van der Waals surface area contributed by atoms with Crippen molar-refractivity contribution in [3.8, 4) is 0 Å². The molecule has 0 saturated heterocycles. The van der Waals surface area contributed by atoms with E-state index in [0.29, 0.717) is 18.9 Å². The molecule has 0 spiro atoms. The van der Waals surface area contributed by atoms with Gasteiger partial charge in [-0.05, 0) is 25.7 Å². The van der Waals surface area contributed by atoms with Crippen molar-refractivity contribution in [1.29, 1.82) is 0 Å². The fraction of sp³-hybridized carbons (Fsp3) is 0.647. The number of anilines is 1. The minimum atomic E-state index is 0.232. The van der Waals surface area contributed by atoms with Gasteiger partial charge in [0.15, 0.2) is 11.7 Å². The highest BCUT2D eigenvalue weighted by Crippen LogP contribution is 2.07. The third kappa shape index (κ3) is 6.52. The van der Waals surface area contributed by atoms with Crippen molar-refractivity contribution in [1.82, 2.24) is 25.0 Å². The Labute approximate surface area is 143 Å². The number of nitrogens with one attached hydrogen (secondary N) is 1. The Morgan fingerprint density at radius 2 is 2.04 bits per heavy atom. The number of aromatic amines is 1. The first-order valence-electron chi connectivity index (χ1n) is 8.87. The number of aromatic nitrogens is 5. The summed E-state index contributed by atoms with van der Waals surface area (Å²) in [4.78, 5) is 18.9. The van der Waals surface area contributed by atoms with Gasteiger partial charge in [0.2, 0.25) is 0 Å². The second kappa shape index (κ2) is 9.85. The minimum absolute atomic E-state index is 0.232. The molecule has 0 aromatic carbocycles. The molecule has 0 radical (unpaired) electrons. The molecule has 0 fully saturated rings. The lowest BCUT2D eigenvalue weighted by Crippen LogP contribution is -2.10. The molecule has 2 aromatic rings. The first-order chi connectivity index (χ1) is 11.7. The van der Waals surface area contributed by atoms with E-state index in [0.717, 1.165) is 43.5 Å². The van der Waals surface area contributed by atoms with E-state index in [1.165, 1.54) is 19.3 Å². The normalized spacial score (nSPS) is 11.0. The molecule has 3 N–H and O–H groups in total. The Morgan fingerprint density at radius 1 is 1.21 bits per heavy atom. The minimum Gasteiger partial charge on any atom is -0.369 e. The Kier molecular flexibility index (Phi) is 7.45. The van der Waals surface area contributed by atoms with E-state index in [-0.39, 0.29) is 5.78 Å². The fourth-order valence-corrected chi connectivity index (χ4v) is 2.68. The Hall–Kier alpha value is -2.18. The SMILES string of the molecule is CCCCCCCC(=O)Cn1cc(CCCc2cnc(N)[nH]2)nn1. The summed E-state index contributed by atoms with van der Waals surface area (Å²) in [6.07, 6.45) is 12.7. The van der Waals surface area contributed by atoms with Crippen LogP contribution in [0, 0.1) is 0 Å². The van der Waals surface area contributed by atoms with Crippen LogP contribution >= 0.6 is 0 Å². The van der Waals surface area contributed by atoms with Gasteiger partial charge in [0, 0.05) is 18.3 Å². The molecule has 0 aliphatic rings. The van der Waals surface area contributed by atoms with Gasteiger partial charge >= 0.3 is 0 Å². The second-order valence-electron chi connectivity index (χ2n) is 6.26. The summed E-state index contributed by atoms with van der Waals surface area (Å²) in [5, 5.41) is 8.19. The van der Waals surface area contributed by atoms with Crippen LogP contribution in [-0.4, -0.2) is 30.7 Å². The van der Waals surface area contributed by atoms with Crippen molar-refractivity contribution in [3.63, 3.8) is 0 Å². The van der Waals surface area contributed by atoms with Gasteiger partial charge in [-0.3, -0.25) is 4.79 Å². The molecule has 2 heterocycles. The molecule has 0 amide bonds. The summed E-state index contributed by atoms with van der Waals surface area (Å²) in [5.41, 5.74) is 7.49. The van der Waals surface area contributed by atoms with Gasteiger partial charge in [0.05, 0.1) is 11.9 Å². The molecule has 24 heavy (non-hydrogen) atoms. The quantitative estimate of drug-likeness (QED) is 0.582. The Bertz CT molecular complexity index is 618. The molecule has 132 valence electrons. The monoisotopic (exact) mass is 332 g/mol. The molecule has 2 aromatic heterocycles. The van der Waals surface area contributed by atoms with Gasteiger partial charge in [-0.15, -0.1) is 5.10 Å². The maximum Gasteiger partial charge on any atom is 0.197 e. The molecular weight excluding hydrogens is 304 g/mol. The van der Waals surface area contributed by atoms with Crippen LogP contribution in [0.3, 0.4) is 0 Å². The lowest BCUT2D eigenvalue weighted by molar-refractivity contribution is -0.119. The number of rotatable bonds is 12. The average Bonchev–Trinajstić information content (AvgIpc) is 3.16. The van der Waals surface area contributed by atoms with Gasteiger partial charge < -0.3 is 10.7 Å². The largest absolute Gasteiger partial charge is 0.369 e. The molecule has 0 bridgehead atoms. The lowest BCUT2D eigenvalue weighted by Gasteiger charge is -2.01. The number of nitrogens with zero attached hydrogens (tertiary/aromatic N) is 4. The number of ketones is 1. The average molecular weight is 332 g/mol. The number of carbonyl (C=O) groups is 1. The molecule has 0 atom stereocenters. The summed E-state index contributed by atoms with van der Waals surface area (Å²) in [6.45, 7) is 2.52. The summed E-state index contributed by atoms with van der Waals surface area (Å²) in [7, 11) is 0. The van der Waals surface area contributed by atoms with Gasteiger partial charge in [-0.1, -0.05) is 37.8 Å². The van der Waals surface area contributed by atoms with E-state index < -0.39 is 0 Å². The van der Waals surface area contributed by atoms with Crippen LogP contribution in [0.15, 0.2) is 12.4 Å². The van der Waals surface area contributed by atoms with Crippen molar-refractivity contribution in [2.75, 3.05) is 5.73 Å². The zero-order valence-electron chi connectivity index (χ0n) is 14.5. The number of Topliss-reactive ketones (excluding diaryl/α,β-unsaturated/α-hetero) is 1. The lowest BCUT2D eigenvalue weighted by atomic mass is 10.1. The van der Waals surface area contributed by atoms with Gasteiger partial charge in [-0.2, -0.15) is 0 Å². The highest BCUT2D eigenvalue weighted by Gasteiger charge is 2.07. The van der Waals surface area contributed by atoms with E-state index >= 15 is 0 Å². The number of hydrogen-bond acceptors (Lipinski definition) is 5. The van der Waals surface area contributed by atoms with Gasteiger partial charge in [0.1, 0.15) is 6.54 Å². The zero-order valence-corrected chi connectivity index (χ0v) is 14.5. The van der Waals surface area contributed by atoms with Crippen LogP contribution < -0.4 is 5.73 Å². The number of H-pyrrole nitrogens is 1. The van der Waals surface area contributed by atoms with Crippen molar-refractivity contribution in [2.24, 2.45) is 0 Å². The van der Waals surface area contributed by atoms with Crippen molar-refractivity contribution < 1.29 is 4.79 Å². The van der Waals surface area contributed by atoms with E-state index in [1.54, 1.807) is 10.9 Å².